The van der Waals surface area contributed by atoms with Crippen LogP contribution in [0.25, 0.3) is 0 Å². The summed E-state index contributed by atoms with van der Waals surface area (Å²) < 4.78 is 0. The van der Waals surface area contributed by atoms with Gasteiger partial charge in [0.25, 0.3) is 0 Å². The Morgan fingerprint density at radius 2 is 2.00 bits per heavy atom. The average Bonchev–Trinajstić information content (AvgIpc) is 2.44. The fourth-order valence-electron chi connectivity index (χ4n) is 2.89. The molecule has 1 aliphatic carbocycles. The fourth-order valence-corrected chi connectivity index (χ4v) is 2.89. The maximum absolute atomic E-state index is 10.4. The third kappa shape index (κ3) is 4.29. The van der Waals surface area contributed by atoms with Gasteiger partial charge in [-0.3, -0.25) is 0 Å². The molecule has 2 nitrogen and oxygen atoms in total. The molecule has 0 saturated heterocycles. The lowest BCUT2D eigenvalue weighted by molar-refractivity contribution is 0.0773. The molecule has 0 amide bonds. The van der Waals surface area contributed by atoms with Crippen LogP contribution in [0, 0.1) is 5.92 Å². The van der Waals surface area contributed by atoms with E-state index in [1.165, 1.54) is 0 Å². The molecule has 0 heterocycles. The van der Waals surface area contributed by atoms with Crippen molar-refractivity contribution < 1.29 is 10.2 Å². The van der Waals surface area contributed by atoms with Gasteiger partial charge in [0.15, 0.2) is 0 Å². The number of allylic oxidation sites excluding steroid dienone is 2. The zero-order valence-corrected chi connectivity index (χ0v) is 13.2. The van der Waals surface area contributed by atoms with E-state index < -0.39 is 11.7 Å². The smallest absolute Gasteiger partial charge is 0.0843 e. The van der Waals surface area contributed by atoms with Crippen molar-refractivity contribution >= 4 is 0 Å². The second-order valence-electron chi connectivity index (χ2n) is 6.55. The number of hydrogen-bond donors (Lipinski definition) is 2. The molecule has 114 valence electrons. The Morgan fingerprint density at radius 1 is 1.29 bits per heavy atom. The first kappa shape index (κ1) is 16.0. The van der Waals surface area contributed by atoms with E-state index in [2.05, 4.69) is 19.1 Å². The van der Waals surface area contributed by atoms with Crippen LogP contribution in [-0.2, 0) is 12.0 Å². The number of aliphatic hydroxyl groups is 2. The minimum absolute atomic E-state index is 0.432. The molecule has 0 spiro atoms. The van der Waals surface area contributed by atoms with Crippen LogP contribution in [0.3, 0.4) is 0 Å². The summed E-state index contributed by atoms with van der Waals surface area (Å²) in [6.45, 7) is 5.77. The first-order chi connectivity index (χ1) is 9.88. The van der Waals surface area contributed by atoms with Gasteiger partial charge in [-0.2, -0.15) is 0 Å². The predicted molar refractivity (Wildman–Crippen MR) is 87.0 cm³/mol. The Bertz CT molecular complexity index is 535. The molecular weight excluding hydrogens is 260 g/mol. The molecule has 2 unspecified atom stereocenters. The van der Waals surface area contributed by atoms with Crippen molar-refractivity contribution in [3.05, 3.63) is 59.2 Å². The first-order valence-electron chi connectivity index (χ1n) is 7.75. The van der Waals surface area contributed by atoms with E-state index in [-0.39, 0.29) is 0 Å². The van der Waals surface area contributed by atoms with Gasteiger partial charge in [-0.05, 0) is 55.7 Å². The Balaban J connectivity index is 2.05. The molecule has 2 heteroatoms. The Hall–Kier alpha value is -1.38. The van der Waals surface area contributed by atoms with Crippen LogP contribution >= 0.6 is 0 Å². The molecule has 1 aromatic rings. The largest absolute Gasteiger partial charge is 0.388 e. The third-order valence-electron chi connectivity index (χ3n) is 4.04. The van der Waals surface area contributed by atoms with Gasteiger partial charge >= 0.3 is 0 Å². The quantitative estimate of drug-likeness (QED) is 0.866. The summed E-state index contributed by atoms with van der Waals surface area (Å²) in [4.78, 5) is 0. The van der Waals surface area contributed by atoms with Gasteiger partial charge in [0.1, 0.15) is 0 Å². The molecule has 21 heavy (non-hydrogen) atoms. The Kier molecular flexibility index (Phi) is 5.02. The van der Waals surface area contributed by atoms with Crippen molar-refractivity contribution in [1.82, 2.24) is 0 Å². The standard InChI is InChI=1S/C19H26O2/c1-14-7-6-9-16(13-14)18(20)12-11-15-8-4-5-10-17(15)19(2,3)21/h4-6,8-10,13-14,18,20-21H,7,11-12H2,1-3H3. The van der Waals surface area contributed by atoms with Gasteiger partial charge in [0.2, 0.25) is 0 Å². The summed E-state index contributed by atoms with van der Waals surface area (Å²) in [7, 11) is 0. The maximum atomic E-state index is 10.4. The van der Waals surface area contributed by atoms with E-state index in [0.717, 1.165) is 29.5 Å². The highest BCUT2D eigenvalue weighted by molar-refractivity contribution is 5.32. The van der Waals surface area contributed by atoms with E-state index in [0.29, 0.717) is 12.3 Å². The number of aliphatic hydroxyl groups excluding tert-OH is 1. The zero-order chi connectivity index (χ0) is 15.5. The molecule has 2 atom stereocenters. The molecule has 0 bridgehead atoms. The Labute approximate surface area is 127 Å². The molecule has 0 aliphatic heterocycles. The lowest BCUT2D eigenvalue weighted by Crippen LogP contribution is -2.19. The fraction of sp³-hybridized carbons (Fsp3) is 0.474. The molecule has 2 N–H and O–H groups in total. The Morgan fingerprint density at radius 3 is 2.67 bits per heavy atom. The number of aryl methyl sites for hydroxylation is 1. The van der Waals surface area contributed by atoms with Gasteiger partial charge in [-0.25, -0.2) is 0 Å². The molecule has 0 saturated carbocycles. The number of benzene rings is 1. The van der Waals surface area contributed by atoms with Gasteiger partial charge in [0.05, 0.1) is 11.7 Å². The number of hydrogen-bond acceptors (Lipinski definition) is 2. The zero-order valence-electron chi connectivity index (χ0n) is 13.2. The van der Waals surface area contributed by atoms with Crippen molar-refractivity contribution in [1.29, 1.82) is 0 Å². The third-order valence-corrected chi connectivity index (χ3v) is 4.04. The van der Waals surface area contributed by atoms with Gasteiger partial charge in [-0.15, -0.1) is 0 Å². The first-order valence-corrected chi connectivity index (χ1v) is 7.75. The van der Waals surface area contributed by atoms with Crippen LogP contribution in [0.15, 0.2) is 48.1 Å². The van der Waals surface area contributed by atoms with E-state index in [9.17, 15) is 10.2 Å². The van der Waals surface area contributed by atoms with Gasteiger partial charge < -0.3 is 10.2 Å². The second-order valence-corrected chi connectivity index (χ2v) is 6.55. The van der Waals surface area contributed by atoms with Crippen LogP contribution < -0.4 is 0 Å². The van der Waals surface area contributed by atoms with Crippen LogP contribution in [0.2, 0.25) is 0 Å². The minimum Gasteiger partial charge on any atom is -0.388 e. The minimum atomic E-state index is -0.847. The molecule has 1 aromatic carbocycles. The summed E-state index contributed by atoms with van der Waals surface area (Å²) >= 11 is 0. The summed E-state index contributed by atoms with van der Waals surface area (Å²) in [6.07, 6.45) is 8.39. The predicted octanol–water partition coefficient (Wildman–Crippen LogP) is 3.73. The lowest BCUT2D eigenvalue weighted by atomic mass is 9.88. The highest BCUT2D eigenvalue weighted by Gasteiger charge is 2.20. The van der Waals surface area contributed by atoms with Gasteiger partial charge in [-0.1, -0.05) is 49.4 Å². The van der Waals surface area contributed by atoms with Crippen LogP contribution in [0.5, 0.6) is 0 Å². The monoisotopic (exact) mass is 286 g/mol. The molecule has 0 fully saturated rings. The molecule has 2 rings (SSSR count). The van der Waals surface area contributed by atoms with Crippen molar-refractivity contribution in [2.45, 2.75) is 51.7 Å². The SMILES string of the molecule is CC1C=C(C(O)CCc2ccccc2C(C)(C)O)C=CC1. The summed E-state index contributed by atoms with van der Waals surface area (Å²) in [5, 5.41) is 20.6. The van der Waals surface area contributed by atoms with Crippen molar-refractivity contribution in [2.75, 3.05) is 0 Å². The van der Waals surface area contributed by atoms with E-state index >= 15 is 0 Å². The van der Waals surface area contributed by atoms with Gasteiger partial charge in [0, 0.05) is 0 Å². The topological polar surface area (TPSA) is 40.5 Å². The van der Waals surface area contributed by atoms with E-state index in [1.54, 1.807) is 13.8 Å². The lowest BCUT2D eigenvalue weighted by Gasteiger charge is -2.23. The summed E-state index contributed by atoms with van der Waals surface area (Å²) in [5.41, 5.74) is 2.23. The average molecular weight is 286 g/mol. The van der Waals surface area contributed by atoms with Crippen molar-refractivity contribution in [3.63, 3.8) is 0 Å². The highest BCUT2D eigenvalue weighted by atomic mass is 16.3. The van der Waals surface area contributed by atoms with E-state index in [4.69, 9.17) is 0 Å². The molecule has 1 aliphatic rings. The maximum Gasteiger partial charge on any atom is 0.0843 e. The van der Waals surface area contributed by atoms with E-state index in [1.807, 2.05) is 30.3 Å². The molecule has 0 aromatic heterocycles. The highest BCUT2D eigenvalue weighted by Crippen LogP contribution is 2.26. The number of rotatable bonds is 5. The van der Waals surface area contributed by atoms with Crippen molar-refractivity contribution in [2.24, 2.45) is 5.92 Å². The van der Waals surface area contributed by atoms with Crippen LogP contribution in [0.4, 0.5) is 0 Å². The summed E-state index contributed by atoms with van der Waals surface area (Å²) in [6, 6.07) is 7.93. The van der Waals surface area contributed by atoms with Crippen LogP contribution in [-0.4, -0.2) is 16.3 Å². The molecule has 0 radical (unpaired) electrons. The van der Waals surface area contributed by atoms with Crippen LogP contribution in [0.1, 0.15) is 44.7 Å². The normalized spacial score (nSPS) is 20.2. The second kappa shape index (κ2) is 6.59. The van der Waals surface area contributed by atoms with Crippen molar-refractivity contribution in [3.8, 4) is 0 Å². The summed E-state index contributed by atoms with van der Waals surface area (Å²) in [5.74, 6) is 0.503. The molecular formula is C19H26O2.